The standard InChI is InChI=1S/C29H52O8/c1-3-5-7-8-9-10-11-12-13-14-15-16-17-18-20-21-24(29(36,28(34)35)23-25(30)31)27(33)37-26(32)22-19-6-4-2/h24,36H,3-23H2,1-2H3,(H,30,31)(H,34,35). The van der Waals surface area contributed by atoms with E-state index in [1.54, 1.807) is 0 Å². The van der Waals surface area contributed by atoms with E-state index in [2.05, 4.69) is 6.92 Å². The van der Waals surface area contributed by atoms with Crippen LogP contribution >= 0.6 is 0 Å². The summed E-state index contributed by atoms with van der Waals surface area (Å²) in [6, 6.07) is 0. The Hall–Kier alpha value is -1.96. The fourth-order valence-corrected chi connectivity index (χ4v) is 4.60. The fourth-order valence-electron chi connectivity index (χ4n) is 4.60. The predicted octanol–water partition coefficient (Wildman–Crippen LogP) is 6.80. The van der Waals surface area contributed by atoms with Crippen molar-refractivity contribution in [1.29, 1.82) is 0 Å². The van der Waals surface area contributed by atoms with E-state index < -0.39 is 41.8 Å². The first-order valence-corrected chi connectivity index (χ1v) is 14.6. The van der Waals surface area contributed by atoms with Crippen LogP contribution in [0.1, 0.15) is 149 Å². The van der Waals surface area contributed by atoms with Crippen LogP contribution in [0.2, 0.25) is 0 Å². The molecule has 0 aromatic heterocycles. The molecule has 0 radical (unpaired) electrons. The topological polar surface area (TPSA) is 138 Å². The lowest BCUT2D eigenvalue weighted by Gasteiger charge is -2.29. The van der Waals surface area contributed by atoms with Crippen molar-refractivity contribution in [3.05, 3.63) is 0 Å². The van der Waals surface area contributed by atoms with Gasteiger partial charge in [-0.2, -0.15) is 0 Å². The van der Waals surface area contributed by atoms with Crippen molar-refractivity contribution in [3.63, 3.8) is 0 Å². The molecule has 0 saturated heterocycles. The van der Waals surface area contributed by atoms with Crippen LogP contribution in [-0.4, -0.2) is 44.8 Å². The number of carbonyl (C=O) groups is 4. The highest BCUT2D eigenvalue weighted by Gasteiger charge is 2.50. The summed E-state index contributed by atoms with van der Waals surface area (Å²) in [5, 5.41) is 29.3. The Balaban J connectivity index is 4.45. The molecule has 37 heavy (non-hydrogen) atoms. The zero-order valence-corrected chi connectivity index (χ0v) is 23.3. The van der Waals surface area contributed by atoms with Crippen molar-refractivity contribution in [3.8, 4) is 0 Å². The molecule has 0 aromatic carbocycles. The molecule has 0 aliphatic heterocycles. The number of carboxylic acids is 2. The molecule has 0 bridgehead atoms. The first-order chi connectivity index (χ1) is 17.7. The summed E-state index contributed by atoms with van der Waals surface area (Å²) in [5.74, 6) is -6.94. The van der Waals surface area contributed by atoms with Gasteiger partial charge >= 0.3 is 23.9 Å². The average Bonchev–Trinajstić information content (AvgIpc) is 2.83. The van der Waals surface area contributed by atoms with Gasteiger partial charge in [-0.25, -0.2) is 4.79 Å². The molecule has 0 aromatic rings. The van der Waals surface area contributed by atoms with Crippen LogP contribution in [0.3, 0.4) is 0 Å². The lowest BCUT2D eigenvalue weighted by atomic mass is 9.81. The SMILES string of the molecule is CCCCCCCCCCCCCCCCCC(C(=O)OC(=O)CCCCC)C(O)(CC(=O)O)C(=O)O. The molecule has 0 amide bonds. The Morgan fingerprint density at radius 2 is 1.05 bits per heavy atom. The summed E-state index contributed by atoms with van der Waals surface area (Å²) < 4.78 is 4.82. The Morgan fingerprint density at radius 3 is 1.46 bits per heavy atom. The van der Waals surface area contributed by atoms with Gasteiger partial charge in [-0.05, 0) is 12.8 Å². The minimum Gasteiger partial charge on any atom is -0.481 e. The predicted molar refractivity (Wildman–Crippen MR) is 143 cm³/mol. The van der Waals surface area contributed by atoms with Gasteiger partial charge < -0.3 is 20.1 Å². The van der Waals surface area contributed by atoms with E-state index in [-0.39, 0.29) is 12.8 Å². The maximum atomic E-state index is 12.6. The van der Waals surface area contributed by atoms with Crippen LogP contribution in [0.25, 0.3) is 0 Å². The fraction of sp³-hybridized carbons (Fsp3) is 0.862. The van der Waals surface area contributed by atoms with Gasteiger partial charge in [0, 0.05) is 6.42 Å². The Morgan fingerprint density at radius 1 is 0.649 bits per heavy atom. The van der Waals surface area contributed by atoms with Crippen LogP contribution in [0.4, 0.5) is 0 Å². The summed E-state index contributed by atoms with van der Waals surface area (Å²) in [7, 11) is 0. The second kappa shape index (κ2) is 22.1. The van der Waals surface area contributed by atoms with Crippen molar-refractivity contribution in [2.45, 2.75) is 154 Å². The largest absolute Gasteiger partial charge is 0.481 e. The lowest BCUT2D eigenvalue weighted by molar-refractivity contribution is -0.184. The van der Waals surface area contributed by atoms with E-state index in [9.17, 15) is 29.4 Å². The number of hydrogen-bond acceptors (Lipinski definition) is 6. The summed E-state index contributed by atoms with van der Waals surface area (Å²) >= 11 is 0. The van der Waals surface area contributed by atoms with Crippen molar-refractivity contribution in [1.82, 2.24) is 0 Å². The van der Waals surface area contributed by atoms with Crippen molar-refractivity contribution >= 4 is 23.9 Å². The molecule has 0 saturated carbocycles. The van der Waals surface area contributed by atoms with E-state index in [4.69, 9.17) is 9.84 Å². The summed E-state index contributed by atoms with van der Waals surface area (Å²) in [4.78, 5) is 47.6. The molecular weight excluding hydrogens is 476 g/mol. The van der Waals surface area contributed by atoms with E-state index >= 15 is 0 Å². The van der Waals surface area contributed by atoms with Gasteiger partial charge in [0.25, 0.3) is 0 Å². The molecule has 2 unspecified atom stereocenters. The monoisotopic (exact) mass is 528 g/mol. The van der Waals surface area contributed by atoms with Crippen LogP contribution in [-0.2, 0) is 23.9 Å². The van der Waals surface area contributed by atoms with Gasteiger partial charge in [0.1, 0.15) is 0 Å². The van der Waals surface area contributed by atoms with Gasteiger partial charge in [0.05, 0.1) is 12.3 Å². The van der Waals surface area contributed by atoms with E-state index in [0.29, 0.717) is 12.8 Å². The quantitative estimate of drug-likeness (QED) is 0.0667. The molecule has 0 aliphatic carbocycles. The number of hydrogen-bond donors (Lipinski definition) is 3. The van der Waals surface area contributed by atoms with Crippen molar-refractivity contribution in [2.75, 3.05) is 0 Å². The lowest BCUT2D eigenvalue weighted by Crippen LogP contribution is -2.51. The number of carboxylic acid groups (broad SMARTS) is 2. The maximum absolute atomic E-state index is 12.6. The minimum absolute atomic E-state index is 0.00961. The number of carbonyl (C=O) groups excluding carboxylic acids is 2. The molecule has 8 heteroatoms. The molecule has 0 heterocycles. The van der Waals surface area contributed by atoms with Gasteiger partial charge in [-0.1, -0.05) is 123 Å². The minimum atomic E-state index is -2.83. The smallest absolute Gasteiger partial charge is 0.337 e. The molecule has 0 fully saturated rings. The summed E-state index contributed by atoms with van der Waals surface area (Å²) in [6.45, 7) is 4.19. The molecule has 0 spiro atoms. The van der Waals surface area contributed by atoms with Crippen LogP contribution in [0.15, 0.2) is 0 Å². The highest BCUT2D eigenvalue weighted by molar-refractivity contribution is 5.93. The number of aliphatic hydroxyl groups is 1. The number of aliphatic carboxylic acids is 2. The maximum Gasteiger partial charge on any atom is 0.337 e. The average molecular weight is 529 g/mol. The molecule has 0 aliphatic rings. The number of unbranched alkanes of at least 4 members (excludes halogenated alkanes) is 16. The number of esters is 2. The highest BCUT2D eigenvalue weighted by Crippen LogP contribution is 2.29. The van der Waals surface area contributed by atoms with E-state index in [1.165, 1.54) is 64.2 Å². The molecule has 8 nitrogen and oxygen atoms in total. The van der Waals surface area contributed by atoms with Crippen molar-refractivity contribution < 1.29 is 39.2 Å². The summed E-state index contributed by atoms with van der Waals surface area (Å²) in [5.41, 5.74) is -2.83. The highest BCUT2D eigenvalue weighted by atomic mass is 16.6. The Kier molecular flexibility index (Phi) is 20.9. The number of ether oxygens (including phenoxy) is 1. The molecule has 0 rings (SSSR count). The summed E-state index contributed by atoms with van der Waals surface area (Å²) in [6.07, 6.45) is 18.1. The Bertz CT molecular complexity index is 648. The van der Waals surface area contributed by atoms with Gasteiger partial charge in [-0.15, -0.1) is 0 Å². The molecular formula is C29H52O8. The van der Waals surface area contributed by atoms with Crippen molar-refractivity contribution in [2.24, 2.45) is 5.92 Å². The third-order valence-corrected chi connectivity index (χ3v) is 6.95. The third-order valence-electron chi connectivity index (χ3n) is 6.95. The Labute approximate surface area is 223 Å². The first-order valence-electron chi connectivity index (χ1n) is 14.6. The second-order valence-electron chi connectivity index (χ2n) is 10.3. The molecule has 3 N–H and O–H groups in total. The van der Waals surface area contributed by atoms with Crippen LogP contribution in [0.5, 0.6) is 0 Å². The van der Waals surface area contributed by atoms with Crippen LogP contribution < -0.4 is 0 Å². The zero-order chi connectivity index (χ0) is 27.9. The van der Waals surface area contributed by atoms with Gasteiger partial charge in [0.15, 0.2) is 5.60 Å². The first kappa shape index (κ1) is 35.0. The van der Waals surface area contributed by atoms with E-state index in [1.807, 2.05) is 6.92 Å². The zero-order valence-electron chi connectivity index (χ0n) is 23.3. The molecule has 216 valence electrons. The van der Waals surface area contributed by atoms with Crippen LogP contribution in [0, 0.1) is 5.92 Å². The normalized spacial score (nSPS) is 13.6. The number of rotatable bonds is 25. The van der Waals surface area contributed by atoms with Gasteiger partial charge in [-0.3, -0.25) is 14.4 Å². The third kappa shape index (κ3) is 17.2. The second-order valence-corrected chi connectivity index (χ2v) is 10.3. The van der Waals surface area contributed by atoms with E-state index in [0.717, 1.165) is 38.5 Å². The molecule has 2 atom stereocenters. The van der Waals surface area contributed by atoms with Gasteiger partial charge in [0.2, 0.25) is 0 Å².